The van der Waals surface area contributed by atoms with Crippen LogP contribution in [0.3, 0.4) is 0 Å². The van der Waals surface area contributed by atoms with Gasteiger partial charge in [-0.2, -0.15) is 0 Å². The van der Waals surface area contributed by atoms with Gasteiger partial charge in [0.15, 0.2) is 0 Å². The molecule has 1 atom stereocenters. The number of likely N-dealkylation sites (tertiary alicyclic amines) is 1. The summed E-state index contributed by atoms with van der Waals surface area (Å²) < 4.78 is 0. The minimum atomic E-state index is 0.0195. The van der Waals surface area contributed by atoms with E-state index in [9.17, 15) is 4.79 Å². The Bertz CT molecular complexity index is 714. The van der Waals surface area contributed by atoms with Crippen LogP contribution in [0.4, 0.5) is 0 Å². The zero-order valence-corrected chi connectivity index (χ0v) is 15.1. The van der Waals surface area contributed by atoms with Gasteiger partial charge in [0.25, 0.3) is 5.91 Å². The van der Waals surface area contributed by atoms with Gasteiger partial charge in [0.05, 0.1) is 0 Å². The Morgan fingerprint density at radius 1 is 1.36 bits per heavy atom. The van der Waals surface area contributed by atoms with Crippen molar-refractivity contribution in [2.24, 2.45) is 5.92 Å². The molecule has 1 aliphatic heterocycles. The highest BCUT2D eigenvalue weighted by Gasteiger charge is 2.28. The summed E-state index contributed by atoms with van der Waals surface area (Å²) in [6.07, 6.45) is 4.73. The van der Waals surface area contributed by atoms with Gasteiger partial charge in [0.2, 0.25) is 0 Å². The van der Waals surface area contributed by atoms with Crippen molar-refractivity contribution >= 4 is 5.91 Å². The van der Waals surface area contributed by atoms with Crippen LogP contribution in [-0.4, -0.2) is 57.3 Å². The second-order valence-corrected chi connectivity index (χ2v) is 6.91. The van der Waals surface area contributed by atoms with Crippen LogP contribution < -0.4 is 0 Å². The van der Waals surface area contributed by atoms with Crippen LogP contribution in [0.1, 0.15) is 34.0 Å². The lowest BCUT2D eigenvalue weighted by atomic mass is 10.1. The molecule has 0 bridgehead atoms. The molecule has 132 valence electrons. The number of aryl methyl sites for hydroxylation is 2. The Morgan fingerprint density at radius 2 is 2.20 bits per heavy atom. The number of hydrogen-bond donors (Lipinski definition) is 0. The quantitative estimate of drug-likeness (QED) is 0.835. The molecular formula is C19H25N5O. The van der Waals surface area contributed by atoms with Gasteiger partial charge in [-0.3, -0.25) is 9.78 Å². The maximum Gasteiger partial charge on any atom is 0.272 e. The van der Waals surface area contributed by atoms with Crippen molar-refractivity contribution in [1.82, 2.24) is 24.8 Å². The molecular weight excluding hydrogens is 314 g/mol. The number of amides is 1. The first kappa shape index (κ1) is 17.5. The summed E-state index contributed by atoms with van der Waals surface area (Å²) in [6, 6.07) is 5.83. The van der Waals surface area contributed by atoms with Crippen LogP contribution in [0, 0.1) is 19.8 Å². The molecule has 25 heavy (non-hydrogen) atoms. The summed E-state index contributed by atoms with van der Waals surface area (Å²) in [5.74, 6) is 1.16. The molecule has 2 aromatic rings. The molecule has 6 nitrogen and oxygen atoms in total. The molecule has 1 amide bonds. The number of nitrogens with zero attached hydrogens (tertiary/aromatic N) is 5. The third kappa shape index (κ3) is 4.60. The molecule has 6 heteroatoms. The van der Waals surface area contributed by atoms with E-state index in [1.54, 1.807) is 12.3 Å². The van der Waals surface area contributed by atoms with E-state index in [0.29, 0.717) is 17.4 Å². The van der Waals surface area contributed by atoms with E-state index in [0.717, 1.165) is 38.3 Å². The molecule has 0 unspecified atom stereocenters. The molecule has 1 saturated heterocycles. The van der Waals surface area contributed by atoms with E-state index >= 15 is 0 Å². The van der Waals surface area contributed by atoms with Crippen molar-refractivity contribution in [3.63, 3.8) is 0 Å². The van der Waals surface area contributed by atoms with Gasteiger partial charge >= 0.3 is 0 Å². The number of hydrogen-bond acceptors (Lipinski definition) is 5. The highest BCUT2D eigenvalue weighted by Crippen LogP contribution is 2.20. The Balaban J connectivity index is 1.55. The first-order chi connectivity index (χ1) is 12.0. The number of carbonyl (C=O) groups is 1. The van der Waals surface area contributed by atoms with Gasteiger partial charge in [0.1, 0.15) is 11.5 Å². The van der Waals surface area contributed by atoms with Gasteiger partial charge in [-0.1, -0.05) is 6.07 Å². The lowest BCUT2D eigenvalue weighted by Crippen LogP contribution is -2.32. The number of rotatable bonds is 5. The smallest absolute Gasteiger partial charge is 0.272 e. The van der Waals surface area contributed by atoms with Crippen LogP contribution in [0.25, 0.3) is 0 Å². The molecule has 0 saturated carbocycles. The van der Waals surface area contributed by atoms with Crippen molar-refractivity contribution in [2.75, 3.05) is 26.7 Å². The fourth-order valence-electron chi connectivity index (χ4n) is 3.46. The van der Waals surface area contributed by atoms with Crippen molar-refractivity contribution in [3.05, 3.63) is 53.4 Å². The first-order valence-electron chi connectivity index (χ1n) is 8.70. The monoisotopic (exact) mass is 339 g/mol. The third-order valence-electron chi connectivity index (χ3n) is 4.50. The van der Waals surface area contributed by atoms with Crippen molar-refractivity contribution in [2.45, 2.75) is 26.8 Å². The molecule has 0 spiro atoms. The summed E-state index contributed by atoms with van der Waals surface area (Å²) in [5, 5.41) is 0. The van der Waals surface area contributed by atoms with Crippen LogP contribution in [-0.2, 0) is 6.54 Å². The predicted molar refractivity (Wildman–Crippen MR) is 96.1 cm³/mol. The summed E-state index contributed by atoms with van der Waals surface area (Å²) in [6.45, 7) is 7.16. The molecule has 0 radical (unpaired) electrons. The molecule has 1 fully saturated rings. The number of carbonyl (C=O) groups excluding carboxylic acids is 1. The minimum absolute atomic E-state index is 0.0195. The lowest BCUT2D eigenvalue weighted by molar-refractivity contribution is 0.0777. The predicted octanol–water partition coefficient (Wildman–Crippen LogP) is 2.08. The van der Waals surface area contributed by atoms with Gasteiger partial charge in [-0.25, -0.2) is 9.97 Å². The van der Waals surface area contributed by atoms with E-state index in [2.05, 4.69) is 33.0 Å². The largest absolute Gasteiger partial charge is 0.337 e. The maximum atomic E-state index is 12.7. The average molecular weight is 339 g/mol. The second-order valence-electron chi connectivity index (χ2n) is 6.91. The summed E-state index contributed by atoms with van der Waals surface area (Å²) in [4.78, 5) is 29.6. The van der Waals surface area contributed by atoms with Crippen molar-refractivity contribution in [3.8, 4) is 0 Å². The molecule has 3 rings (SSSR count). The van der Waals surface area contributed by atoms with E-state index in [4.69, 9.17) is 0 Å². The fourth-order valence-corrected chi connectivity index (χ4v) is 3.46. The van der Waals surface area contributed by atoms with Gasteiger partial charge in [-0.15, -0.1) is 0 Å². The van der Waals surface area contributed by atoms with Gasteiger partial charge in [0, 0.05) is 44.3 Å². The zero-order valence-electron chi connectivity index (χ0n) is 15.1. The molecule has 1 aliphatic rings. The first-order valence-corrected chi connectivity index (χ1v) is 8.70. The SMILES string of the molecule is Cc1cc(C(=O)N2CC[C@@H](CN(C)Cc3cccnc3)C2)nc(C)n1. The number of pyridine rings is 1. The van der Waals surface area contributed by atoms with E-state index in [-0.39, 0.29) is 5.91 Å². The Hall–Kier alpha value is -2.34. The molecule has 0 aromatic carbocycles. The molecule has 0 N–H and O–H groups in total. The van der Waals surface area contributed by atoms with E-state index in [1.807, 2.05) is 31.0 Å². The van der Waals surface area contributed by atoms with E-state index < -0.39 is 0 Å². The number of aromatic nitrogens is 3. The maximum absolute atomic E-state index is 12.7. The van der Waals surface area contributed by atoms with Gasteiger partial charge < -0.3 is 9.80 Å². The third-order valence-corrected chi connectivity index (χ3v) is 4.50. The average Bonchev–Trinajstić information content (AvgIpc) is 3.02. The summed E-state index contributed by atoms with van der Waals surface area (Å²) >= 11 is 0. The van der Waals surface area contributed by atoms with Crippen molar-refractivity contribution in [1.29, 1.82) is 0 Å². The lowest BCUT2D eigenvalue weighted by Gasteiger charge is -2.21. The Kier molecular flexibility index (Phi) is 5.38. The highest BCUT2D eigenvalue weighted by molar-refractivity contribution is 5.92. The minimum Gasteiger partial charge on any atom is -0.337 e. The molecule has 3 heterocycles. The topological polar surface area (TPSA) is 62.2 Å². The standard InChI is InChI=1S/C19H25N5O/c1-14-9-18(22-15(2)21-14)19(25)24-8-6-17(13-24)12-23(3)11-16-5-4-7-20-10-16/h4-5,7,9-10,17H,6,8,11-13H2,1-3H3/t17-/m0/s1. The fraction of sp³-hybridized carbons (Fsp3) is 0.474. The Morgan fingerprint density at radius 3 is 2.92 bits per heavy atom. The summed E-state index contributed by atoms with van der Waals surface area (Å²) in [7, 11) is 2.12. The van der Waals surface area contributed by atoms with Crippen LogP contribution >= 0.6 is 0 Å². The second kappa shape index (κ2) is 7.70. The molecule has 0 aliphatic carbocycles. The van der Waals surface area contributed by atoms with Crippen LogP contribution in [0.2, 0.25) is 0 Å². The van der Waals surface area contributed by atoms with E-state index in [1.165, 1.54) is 5.56 Å². The van der Waals surface area contributed by atoms with Crippen molar-refractivity contribution < 1.29 is 4.79 Å². The van der Waals surface area contributed by atoms with Crippen LogP contribution in [0.15, 0.2) is 30.6 Å². The summed E-state index contributed by atoms with van der Waals surface area (Å²) in [5.41, 5.74) is 2.56. The highest BCUT2D eigenvalue weighted by atomic mass is 16.2. The molecule has 2 aromatic heterocycles. The van der Waals surface area contributed by atoms with Gasteiger partial charge in [-0.05, 0) is 50.9 Å². The Labute approximate surface area is 148 Å². The zero-order chi connectivity index (χ0) is 17.8. The normalized spacial score (nSPS) is 17.3. The van der Waals surface area contributed by atoms with Crippen LogP contribution in [0.5, 0.6) is 0 Å².